The average Bonchev–Trinajstić information content (AvgIpc) is 2.88. The van der Waals surface area contributed by atoms with E-state index in [1.807, 2.05) is 30.5 Å². The molecule has 0 aliphatic rings. The van der Waals surface area contributed by atoms with Gasteiger partial charge in [0.05, 0.1) is 0 Å². The molecule has 1 radical (unpaired) electrons. The maximum absolute atomic E-state index is 4.12. The van der Waals surface area contributed by atoms with Gasteiger partial charge < -0.3 is 9.97 Å². The van der Waals surface area contributed by atoms with Crippen molar-refractivity contribution in [3.63, 3.8) is 0 Å². The fraction of sp³-hybridized carbons (Fsp3) is 0. The third kappa shape index (κ3) is 0.956. The van der Waals surface area contributed by atoms with Gasteiger partial charge in [-0.2, -0.15) is 0 Å². The predicted octanol–water partition coefficient (Wildman–Crippen LogP) is 2.36. The van der Waals surface area contributed by atoms with Gasteiger partial charge in [0.15, 0.2) is 0 Å². The second-order valence-corrected chi connectivity index (χ2v) is 3.12. The van der Waals surface area contributed by atoms with Gasteiger partial charge in [0.25, 0.3) is 0 Å². The lowest BCUT2D eigenvalue weighted by atomic mass is 10.1. The van der Waals surface area contributed by atoms with Crippen molar-refractivity contribution in [2.45, 2.75) is 0 Å². The molecule has 14 heavy (non-hydrogen) atoms. The van der Waals surface area contributed by atoms with E-state index in [0.717, 1.165) is 16.9 Å². The van der Waals surface area contributed by atoms with E-state index in [1.54, 1.807) is 6.20 Å². The summed E-state index contributed by atoms with van der Waals surface area (Å²) in [5.41, 5.74) is 2.23. The molecule has 0 saturated carbocycles. The number of benzene rings is 1. The highest BCUT2D eigenvalue weighted by Crippen LogP contribution is 2.24. The molecule has 0 amide bonds. The number of nitrogens with zero attached hydrogens (tertiary/aromatic N) is 1. The smallest absolute Gasteiger partial charge is 0.138 e. The van der Waals surface area contributed by atoms with Crippen molar-refractivity contribution in [3.05, 3.63) is 42.9 Å². The number of rotatable bonds is 1. The van der Waals surface area contributed by atoms with Crippen LogP contribution in [0.4, 0.5) is 0 Å². The molecule has 2 aromatic heterocycles. The van der Waals surface area contributed by atoms with Crippen LogP contribution in [0, 0.1) is 6.20 Å². The van der Waals surface area contributed by atoms with Crippen LogP contribution in [-0.4, -0.2) is 15.0 Å². The highest BCUT2D eigenvalue weighted by molar-refractivity contribution is 5.93. The SMILES string of the molecule is [c]1c[nH]c(-c2cccc3[nH]ccc23)n1. The summed E-state index contributed by atoms with van der Waals surface area (Å²) in [7, 11) is 0. The molecule has 0 bridgehead atoms. The van der Waals surface area contributed by atoms with Crippen LogP contribution >= 0.6 is 0 Å². The summed E-state index contributed by atoms with van der Waals surface area (Å²) in [6, 6.07) is 8.15. The summed E-state index contributed by atoms with van der Waals surface area (Å²) >= 11 is 0. The van der Waals surface area contributed by atoms with Crippen molar-refractivity contribution in [2.75, 3.05) is 0 Å². The third-order valence-corrected chi connectivity index (χ3v) is 2.30. The van der Waals surface area contributed by atoms with Gasteiger partial charge in [-0.3, -0.25) is 0 Å². The van der Waals surface area contributed by atoms with Crippen LogP contribution < -0.4 is 0 Å². The van der Waals surface area contributed by atoms with Gasteiger partial charge in [-0.25, -0.2) is 4.98 Å². The molecule has 0 fully saturated rings. The zero-order valence-corrected chi connectivity index (χ0v) is 7.41. The number of H-pyrrole nitrogens is 2. The Morgan fingerprint density at radius 3 is 3.00 bits per heavy atom. The van der Waals surface area contributed by atoms with E-state index in [-0.39, 0.29) is 0 Å². The van der Waals surface area contributed by atoms with E-state index in [1.165, 1.54) is 5.39 Å². The van der Waals surface area contributed by atoms with Crippen LogP contribution in [0.15, 0.2) is 36.7 Å². The first kappa shape index (κ1) is 7.38. The van der Waals surface area contributed by atoms with Crippen LogP contribution in [0.3, 0.4) is 0 Å². The molecule has 2 N–H and O–H groups in total. The zero-order chi connectivity index (χ0) is 9.38. The zero-order valence-electron chi connectivity index (χ0n) is 7.41. The second kappa shape index (κ2) is 2.73. The molecular formula is C11H8N3. The molecule has 3 heteroatoms. The van der Waals surface area contributed by atoms with Crippen molar-refractivity contribution in [1.82, 2.24) is 15.0 Å². The first-order valence-electron chi connectivity index (χ1n) is 4.43. The van der Waals surface area contributed by atoms with Crippen LogP contribution in [0.25, 0.3) is 22.3 Å². The summed E-state index contributed by atoms with van der Waals surface area (Å²) in [6.45, 7) is 0. The third-order valence-electron chi connectivity index (χ3n) is 2.30. The highest BCUT2D eigenvalue weighted by atomic mass is 14.9. The normalized spacial score (nSPS) is 10.9. The molecule has 0 atom stereocenters. The first-order valence-corrected chi connectivity index (χ1v) is 4.43. The van der Waals surface area contributed by atoms with Gasteiger partial charge in [0.2, 0.25) is 0 Å². The number of aromatic nitrogens is 3. The van der Waals surface area contributed by atoms with Gasteiger partial charge in [-0.15, -0.1) is 0 Å². The van der Waals surface area contributed by atoms with E-state index in [4.69, 9.17) is 0 Å². The van der Waals surface area contributed by atoms with Gasteiger partial charge in [-0.1, -0.05) is 12.1 Å². The molecule has 0 aliphatic heterocycles. The van der Waals surface area contributed by atoms with Crippen molar-refractivity contribution >= 4 is 10.9 Å². The fourth-order valence-electron chi connectivity index (χ4n) is 1.66. The highest BCUT2D eigenvalue weighted by Gasteiger charge is 2.04. The summed E-state index contributed by atoms with van der Waals surface area (Å²) in [4.78, 5) is 10.3. The predicted molar refractivity (Wildman–Crippen MR) is 54.7 cm³/mol. The van der Waals surface area contributed by atoms with Gasteiger partial charge >= 0.3 is 0 Å². The molecular weight excluding hydrogens is 174 g/mol. The maximum Gasteiger partial charge on any atom is 0.138 e. The lowest BCUT2D eigenvalue weighted by molar-refractivity contribution is 1.32. The van der Waals surface area contributed by atoms with E-state index < -0.39 is 0 Å². The van der Waals surface area contributed by atoms with E-state index in [2.05, 4.69) is 21.1 Å². The average molecular weight is 182 g/mol. The summed E-state index contributed by atoms with van der Waals surface area (Å²) in [5.74, 6) is 0.857. The number of imidazole rings is 1. The molecule has 3 nitrogen and oxygen atoms in total. The van der Waals surface area contributed by atoms with Crippen molar-refractivity contribution in [1.29, 1.82) is 0 Å². The maximum atomic E-state index is 4.12. The molecule has 3 rings (SSSR count). The lowest BCUT2D eigenvalue weighted by Crippen LogP contribution is -1.80. The Morgan fingerprint density at radius 1 is 1.14 bits per heavy atom. The summed E-state index contributed by atoms with van der Waals surface area (Å²) in [6.07, 6.45) is 6.41. The minimum Gasteiger partial charge on any atom is -0.361 e. The molecule has 0 saturated heterocycles. The Labute approximate surface area is 80.8 Å². The number of nitrogens with one attached hydrogen (secondary N) is 2. The number of hydrogen-bond acceptors (Lipinski definition) is 1. The second-order valence-electron chi connectivity index (χ2n) is 3.12. The monoisotopic (exact) mass is 182 g/mol. The molecule has 67 valence electrons. The molecule has 1 aromatic carbocycles. The molecule has 0 spiro atoms. The van der Waals surface area contributed by atoms with Crippen LogP contribution in [-0.2, 0) is 0 Å². The Balaban J connectivity index is 2.36. The van der Waals surface area contributed by atoms with Crippen molar-refractivity contribution < 1.29 is 0 Å². The number of fused-ring (bicyclic) bond motifs is 1. The topological polar surface area (TPSA) is 44.5 Å². The Kier molecular flexibility index (Phi) is 1.44. The quantitative estimate of drug-likeness (QED) is 0.596. The van der Waals surface area contributed by atoms with E-state index >= 15 is 0 Å². The van der Waals surface area contributed by atoms with Gasteiger partial charge in [0, 0.05) is 28.9 Å². The summed E-state index contributed by atoms with van der Waals surface area (Å²) in [5, 5.41) is 1.18. The van der Waals surface area contributed by atoms with Crippen LogP contribution in [0.5, 0.6) is 0 Å². The standard InChI is InChI=1S/C11H8N3/c1-2-9(11-13-6-7-14-11)8-4-5-12-10(8)3-1/h1-6,12H,(H,13,14). The van der Waals surface area contributed by atoms with Crippen molar-refractivity contribution in [3.8, 4) is 11.4 Å². The van der Waals surface area contributed by atoms with Crippen molar-refractivity contribution in [2.24, 2.45) is 0 Å². The molecule has 2 heterocycles. The summed E-state index contributed by atoms with van der Waals surface area (Å²) < 4.78 is 0. The molecule has 3 aromatic rings. The largest absolute Gasteiger partial charge is 0.361 e. The van der Waals surface area contributed by atoms with Gasteiger partial charge in [-0.05, 0) is 12.1 Å². The Bertz CT molecular complexity index is 549. The Hall–Kier alpha value is -2.03. The van der Waals surface area contributed by atoms with E-state index in [9.17, 15) is 0 Å². The Morgan fingerprint density at radius 2 is 2.14 bits per heavy atom. The molecule has 0 unspecified atom stereocenters. The molecule has 0 aliphatic carbocycles. The fourth-order valence-corrected chi connectivity index (χ4v) is 1.66. The van der Waals surface area contributed by atoms with Gasteiger partial charge in [0.1, 0.15) is 12.0 Å². The number of aromatic amines is 2. The minimum absolute atomic E-state index is 0.857. The van der Waals surface area contributed by atoms with E-state index in [0.29, 0.717) is 0 Å². The van der Waals surface area contributed by atoms with Crippen LogP contribution in [0.1, 0.15) is 0 Å². The minimum atomic E-state index is 0.857. The van der Waals surface area contributed by atoms with Crippen LogP contribution in [0.2, 0.25) is 0 Å². The number of hydrogen-bond donors (Lipinski definition) is 2. The first-order chi connectivity index (χ1) is 6.95. The lowest BCUT2D eigenvalue weighted by Gasteiger charge is -1.98.